The first kappa shape index (κ1) is 10.1. The number of hydrogen-bond acceptors (Lipinski definition) is 6. The van der Waals surface area contributed by atoms with Gasteiger partial charge >= 0.3 is 0 Å². The molecule has 0 aliphatic carbocycles. The normalized spacial score (nSPS) is 47.6. The predicted molar refractivity (Wildman–Crippen MR) is 48.2 cm³/mol. The summed E-state index contributed by atoms with van der Waals surface area (Å²) < 4.78 is 4.95. The molecule has 14 heavy (non-hydrogen) atoms. The van der Waals surface area contributed by atoms with Crippen molar-refractivity contribution in [1.82, 2.24) is 4.90 Å². The van der Waals surface area contributed by atoms with Crippen molar-refractivity contribution in [2.75, 3.05) is 6.61 Å². The highest BCUT2D eigenvalue weighted by Gasteiger charge is 2.51. The lowest BCUT2D eigenvalue weighted by atomic mass is 9.94. The Labute approximate surface area is 85.3 Å². The van der Waals surface area contributed by atoms with Crippen LogP contribution in [0.1, 0.15) is 0 Å². The van der Waals surface area contributed by atoms with E-state index in [1.165, 1.54) is 4.90 Å². The summed E-state index contributed by atoms with van der Waals surface area (Å²) in [4.78, 5) is 1.21. The zero-order valence-corrected chi connectivity index (χ0v) is 7.96. The molecule has 2 aliphatic heterocycles. The number of ether oxygens (including phenoxy) is 1. The highest BCUT2D eigenvalue weighted by Crippen LogP contribution is 2.28. The largest absolute Gasteiger partial charge is 0.469 e. The van der Waals surface area contributed by atoms with Crippen molar-refractivity contribution in [3.05, 3.63) is 0 Å². The summed E-state index contributed by atoms with van der Waals surface area (Å²) in [5.74, 6) is 0. The van der Waals surface area contributed by atoms with E-state index in [0.29, 0.717) is 0 Å². The molecule has 0 saturated carbocycles. The monoisotopic (exact) mass is 221 g/mol. The van der Waals surface area contributed by atoms with Crippen LogP contribution in [0.3, 0.4) is 0 Å². The van der Waals surface area contributed by atoms with E-state index in [2.05, 4.69) is 0 Å². The van der Waals surface area contributed by atoms with Crippen LogP contribution in [0.4, 0.5) is 0 Å². The maximum absolute atomic E-state index is 9.55. The van der Waals surface area contributed by atoms with Crippen LogP contribution in [-0.4, -0.2) is 67.7 Å². The van der Waals surface area contributed by atoms with Crippen LogP contribution in [0, 0.1) is 0 Å². The molecule has 2 aliphatic rings. The minimum Gasteiger partial charge on any atom is -0.469 e. The third-order valence-electron chi connectivity index (χ3n) is 2.63. The van der Waals surface area contributed by atoms with Crippen LogP contribution in [0.2, 0.25) is 0 Å². The summed E-state index contributed by atoms with van der Waals surface area (Å²) in [6.45, 7) is 0.112. The molecule has 2 heterocycles. The fraction of sp³-hybridized carbons (Fsp3) is 0.857. The van der Waals surface area contributed by atoms with Gasteiger partial charge in [-0.25, -0.2) is 0 Å². The van der Waals surface area contributed by atoms with Crippen molar-refractivity contribution < 1.29 is 25.2 Å². The van der Waals surface area contributed by atoms with E-state index >= 15 is 0 Å². The smallest absolute Gasteiger partial charge is 0.261 e. The Kier molecular flexibility index (Phi) is 2.36. The first-order valence-electron chi connectivity index (χ1n) is 4.21. The molecule has 6 nitrogen and oxygen atoms in total. The molecule has 4 N–H and O–H groups in total. The van der Waals surface area contributed by atoms with Crippen molar-refractivity contribution in [2.45, 2.75) is 30.6 Å². The average molecular weight is 221 g/mol. The molecule has 0 aromatic heterocycles. The van der Waals surface area contributed by atoms with Gasteiger partial charge in [-0.2, -0.15) is 0 Å². The Morgan fingerprint density at radius 2 is 1.79 bits per heavy atom. The molecule has 0 bridgehead atoms. The fourth-order valence-electron chi connectivity index (χ4n) is 1.78. The van der Waals surface area contributed by atoms with E-state index in [-0.39, 0.29) is 11.8 Å². The second-order valence-electron chi connectivity index (χ2n) is 3.44. The van der Waals surface area contributed by atoms with Crippen molar-refractivity contribution in [1.29, 1.82) is 0 Å². The van der Waals surface area contributed by atoms with Gasteiger partial charge in [-0.3, -0.25) is 4.90 Å². The first-order chi connectivity index (χ1) is 6.54. The Hall–Kier alpha value is -0.470. The minimum absolute atomic E-state index is 0.0347. The number of nitrogens with zero attached hydrogens (tertiary/aromatic N) is 1. The van der Waals surface area contributed by atoms with E-state index in [0.717, 1.165) is 0 Å². The van der Waals surface area contributed by atoms with Crippen LogP contribution in [0.15, 0.2) is 0 Å². The van der Waals surface area contributed by atoms with Gasteiger partial charge in [0, 0.05) is 0 Å². The van der Waals surface area contributed by atoms with Gasteiger partial charge in [-0.15, -0.1) is 0 Å². The summed E-state index contributed by atoms with van der Waals surface area (Å²) in [5, 5.41) is 37.9. The van der Waals surface area contributed by atoms with Crippen molar-refractivity contribution in [3.8, 4) is 0 Å². The molecule has 2 fully saturated rings. The van der Waals surface area contributed by atoms with Gasteiger partial charge in [0.1, 0.15) is 24.9 Å². The quantitative estimate of drug-likeness (QED) is 0.333. The van der Waals surface area contributed by atoms with Crippen LogP contribution in [0.25, 0.3) is 0 Å². The first-order valence-corrected chi connectivity index (χ1v) is 4.62. The number of hydrogen-bond donors (Lipinski definition) is 4. The molecule has 0 unspecified atom stereocenters. The molecule has 7 heteroatoms. The minimum atomic E-state index is -1.44. The SMILES string of the molecule is O[C@@H]1[C@H](O)[C@@H](O)N2C(=S)OC[C@@H]2[C@H]1O. The number of aliphatic hydroxyl groups excluding tert-OH is 4. The summed E-state index contributed by atoms with van der Waals surface area (Å²) in [5.41, 5.74) is 0. The predicted octanol–water partition coefficient (Wildman–Crippen LogP) is -2.61. The zero-order valence-electron chi connectivity index (χ0n) is 7.15. The molecule has 0 radical (unpaired) electrons. The third kappa shape index (κ3) is 1.21. The lowest BCUT2D eigenvalue weighted by Crippen LogP contribution is -2.65. The van der Waals surface area contributed by atoms with E-state index in [4.69, 9.17) is 17.0 Å². The summed E-state index contributed by atoms with van der Waals surface area (Å²) in [7, 11) is 0. The molecular formula is C7H11NO5S. The maximum atomic E-state index is 9.55. The molecule has 2 rings (SSSR count). The topological polar surface area (TPSA) is 93.4 Å². The van der Waals surface area contributed by atoms with Crippen LogP contribution in [-0.2, 0) is 4.74 Å². The Morgan fingerprint density at radius 1 is 1.14 bits per heavy atom. The molecule has 80 valence electrons. The molecule has 2 saturated heterocycles. The van der Waals surface area contributed by atoms with Crippen molar-refractivity contribution >= 4 is 17.4 Å². The standard InChI is InChI=1S/C7H11NO5S/c9-3-2-1-13-7(14)8(2)6(12)5(11)4(3)10/h2-6,9-12H,1H2/t2-,3-,4+,5+,6-/m1/s1. The maximum Gasteiger partial charge on any atom is 0.261 e. The molecule has 0 aromatic carbocycles. The number of piperidine rings is 1. The van der Waals surface area contributed by atoms with Gasteiger partial charge in [0.2, 0.25) is 0 Å². The molecule has 0 aromatic rings. The summed E-state index contributed by atoms with van der Waals surface area (Å²) in [6, 6.07) is -0.587. The number of rotatable bonds is 0. The van der Waals surface area contributed by atoms with Gasteiger partial charge in [0.15, 0.2) is 6.23 Å². The van der Waals surface area contributed by atoms with Gasteiger partial charge in [0.05, 0.1) is 6.04 Å². The van der Waals surface area contributed by atoms with E-state index in [1.807, 2.05) is 0 Å². The highest BCUT2D eigenvalue weighted by atomic mass is 32.1. The lowest BCUT2D eigenvalue weighted by Gasteiger charge is -2.42. The number of fused-ring (bicyclic) bond motifs is 1. The van der Waals surface area contributed by atoms with Crippen molar-refractivity contribution in [2.24, 2.45) is 0 Å². The molecule has 0 amide bonds. The summed E-state index contributed by atoms with van der Waals surface area (Å²) >= 11 is 4.78. The fourth-order valence-corrected chi connectivity index (χ4v) is 2.10. The van der Waals surface area contributed by atoms with Gasteiger partial charge in [-0.1, -0.05) is 0 Å². The van der Waals surface area contributed by atoms with Crippen molar-refractivity contribution in [3.63, 3.8) is 0 Å². The van der Waals surface area contributed by atoms with E-state index in [1.54, 1.807) is 0 Å². The summed E-state index contributed by atoms with van der Waals surface area (Å²) in [6.07, 6.45) is -5.32. The third-order valence-corrected chi connectivity index (χ3v) is 2.96. The zero-order chi connectivity index (χ0) is 10.5. The molecule has 5 atom stereocenters. The number of thiocarbonyl (C=S) groups is 1. The van der Waals surface area contributed by atoms with E-state index < -0.39 is 30.6 Å². The van der Waals surface area contributed by atoms with Gasteiger partial charge in [-0.05, 0) is 12.2 Å². The van der Waals surface area contributed by atoms with Crippen LogP contribution < -0.4 is 0 Å². The Balaban J connectivity index is 2.27. The van der Waals surface area contributed by atoms with Gasteiger partial charge < -0.3 is 25.2 Å². The lowest BCUT2D eigenvalue weighted by molar-refractivity contribution is -0.190. The second-order valence-corrected chi connectivity index (χ2v) is 3.79. The second kappa shape index (κ2) is 3.28. The Bertz CT molecular complexity index is 262. The highest BCUT2D eigenvalue weighted by molar-refractivity contribution is 7.80. The van der Waals surface area contributed by atoms with Crippen LogP contribution in [0.5, 0.6) is 0 Å². The number of aliphatic hydroxyl groups is 4. The van der Waals surface area contributed by atoms with E-state index in [9.17, 15) is 20.4 Å². The van der Waals surface area contributed by atoms with Crippen LogP contribution >= 0.6 is 12.2 Å². The molecular weight excluding hydrogens is 210 g/mol. The Morgan fingerprint density at radius 3 is 2.43 bits per heavy atom. The van der Waals surface area contributed by atoms with Gasteiger partial charge in [0.25, 0.3) is 5.17 Å². The molecule has 0 spiro atoms. The average Bonchev–Trinajstić information content (AvgIpc) is 2.54.